The van der Waals surface area contributed by atoms with Gasteiger partial charge in [0.2, 0.25) is 5.91 Å². The van der Waals surface area contributed by atoms with E-state index in [1.54, 1.807) is 0 Å². The zero-order valence-corrected chi connectivity index (χ0v) is 12.2. The summed E-state index contributed by atoms with van der Waals surface area (Å²) in [5.74, 6) is -2.75. The number of hydrogen-bond donors (Lipinski definition) is 2. The van der Waals surface area contributed by atoms with Gasteiger partial charge in [-0.2, -0.15) is 0 Å². The molecule has 120 valence electrons. The fourth-order valence-electron chi connectivity index (χ4n) is 1.80. The third kappa shape index (κ3) is 4.03. The molecule has 23 heavy (non-hydrogen) atoms. The monoisotopic (exact) mass is 320 g/mol. The highest BCUT2D eigenvalue weighted by molar-refractivity contribution is 5.94. The summed E-state index contributed by atoms with van der Waals surface area (Å²) in [6, 6.07) is 9.08. The van der Waals surface area contributed by atoms with Crippen molar-refractivity contribution in [3.63, 3.8) is 0 Å². The molecule has 0 aliphatic heterocycles. The predicted molar refractivity (Wildman–Crippen MR) is 80.0 cm³/mol. The minimum Gasteiger partial charge on any atom is -0.481 e. The van der Waals surface area contributed by atoms with Gasteiger partial charge in [0.25, 0.3) is 5.91 Å². The van der Waals surface area contributed by atoms with Crippen molar-refractivity contribution in [2.24, 2.45) is 5.73 Å². The zero-order valence-electron chi connectivity index (χ0n) is 12.2. The van der Waals surface area contributed by atoms with Crippen molar-refractivity contribution >= 4 is 17.5 Å². The van der Waals surface area contributed by atoms with Crippen molar-refractivity contribution in [1.29, 1.82) is 0 Å². The Morgan fingerprint density at radius 3 is 2.17 bits per heavy atom. The second-order valence-corrected chi connectivity index (χ2v) is 4.73. The molecule has 1 atom stereocenters. The number of ether oxygens (including phenoxy) is 1. The number of hydrogen-bond acceptors (Lipinski definition) is 3. The maximum Gasteiger partial charge on any atom is 0.265 e. The van der Waals surface area contributed by atoms with Gasteiger partial charge in [-0.1, -0.05) is 6.07 Å². The molecule has 2 rings (SSSR count). The van der Waals surface area contributed by atoms with Crippen LogP contribution < -0.4 is 15.8 Å². The van der Waals surface area contributed by atoms with Gasteiger partial charge in [0.05, 0.1) is 0 Å². The van der Waals surface area contributed by atoms with Gasteiger partial charge in [0.15, 0.2) is 6.10 Å². The van der Waals surface area contributed by atoms with Crippen LogP contribution >= 0.6 is 0 Å². The topological polar surface area (TPSA) is 81.4 Å². The molecule has 0 aliphatic rings. The molecular weight excluding hydrogens is 306 g/mol. The maximum atomic E-state index is 13.5. The Labute approximate surface area is 131 Å². The van der Waals surface area contributed by atoms with Crippen molar-refractivity contribution in [2.45, 2.75) is 13.0 Å². The van der Waals surface area contributed by atoms with E-state index in [0.29, 0.717) is 11.3 Å². The molecule has 2 aromatic rings. The highest BCUT2D eigenvalue weighted by atomic mass is 19.1. The lowest BCUT2D eigenvalue weighted by atomic mass is 10.2. The highest BCUT2D eigenvalue weighted by Gasteiger charge is 2.18. The molecule has 0 radical (unpaired) electrons. The minimum atomic E-state index is -1.01. The Hall–Kier alpha value is -2.96. The lowest BCUT2D eigenvalue weighted by Gasteiger charge is -2.15. The molecule has 7 heteroatoms. The summed E-state index contributed by atoms with van der Waals surface area (Å²) in [5.41, 5.74) is 4.88. The number of carbonyl (C=O) groups is 2. The van der Waals surface area contributed by atoms with E-state index in [1.807, 2.05) is 0 Å². The van der Waals surface area contributed by atoms with Crippen molar-refractivity contribution in [3.05, 3.63) is 59.7 Å². The van der Waals surface area contributed by atoms with E-state index in [0.717, 1.165) is 12.1 Å². The molecule has 5 nitrogen and oxygen atoms in total. The van der Waals surface area contributed by atoms with E-state index in [1.165, 1.54) is 37.3 Å². The number of halogens is 2. The number of anilines is 1. The van der Waals surface area contributed by atoms with Crippen LogP contribution in [0.3, 0.4) is 0 Å². The summed E-state index contributed by atoms with van der Waals surface area (Å²) in [7, 11) is 0. The van der Waals surface area contributed by atoms with Crippen LogP contribution in [0.1, 0.15) is 17.3 Å². The van der Waals surface area contributed by atoms with Crippen molar-refractivity contribution in [3.8, 4) is 5.75 Å². The zero-order chi connectivity index (χ0) is 17.0. The van der Waals surface area contributed by atoms with Crippen LogP contribution in [0, 0.1) is 11.6 Å². The van der Waals surface area contributed by atoms with E-state index in [4.69, 9.17) is 10.5 Å². The molecule has 0 bridgehead atoms. The summed E-state index contributed by atoms with van der Waals surface area (Å²) >= 11 is 0. The number of nitrogens with two attached hydrogens (primary N) is 1. The minimum absolute atomic E-state index is 0.294. The lowest BCUT2D eigenvalue weighted by molar-refractivity contribution is -0.122. The SMILES string of the molecule is C[C@@H](Oc1ccc(C(N)=O)cc1)C(=O)Nc1c(F)cccc1F. The standard InChI is InChI=1S/C16H14F2N2O3/c1-9(23-11-7-5-10(6-8-11)15(19)21)16(22)20-14-12(17)3-2-4-13(14)18/h2-9H,1H3,(H2,19,21)(H,20,22)/t9-/m1/s1. The quantitative estimate of drug-likeness (QED) is 0.888. The smallest absolute Gasteiger partial charge is 0.265 e. The Bertz CT molecular complexity index is 712. The Kier molecular flexibility index (Phi) is 4.90. The maximum absolute atomic E-state index is 13.5. The van der Waals surface area contributed by atoms with Crippen LogP contribution in [0.15, 0.2) is 42.5 Å². The van der Waals surface area contributed by atoms with Gasteiger partial charge < -0.3 is 15.8 Å². The molecule has 0 spiro atoms. The number of amides is 2. The average molecular weight is 320 g/mol. The number of nitrogens with one attached hydrogen (secondary N) is 1. The van der Waals surface area contributed by atoms with Gasteiger partial charge in [-0.3, -0.25) is 9.59 Å². The predicted octanol–water partition coefficient (Wildman–Crippen LogP) is 2.47. The van der Waals surface area contributed by atoms with Crippen LogP contribution in [0.25, 0.3) is 0 Å². The molecule has 0 saturated carbocycles. The van der Waals surface area contributed by atoms with Crippen molar-refractivity contribution in [2.75, 3.05) is 5.32 Å². The number of rotatable bonds is 5. The second kappa shape index (κ2) is 6.87. The molecule has 0 fully saturated rings. The van der Waals surface area contributed by atoms with E-state index in [9.17, 15) is 18.4 Å². The van der Waals surface area contributed by atoms with Gasteiger partial charge in [0, 0.05) is 5.56 Å². The average Bonchev–Trinajstić information content (AvgIpc) is 2.51. The normalized spacial score (nSPS) is 11.6. The van der Waals surface area contributed by atoms with E-state index >= 15 is 0 Å². The van der Waals surface area contributed by atoms with Crippen molar-refractivity contribution < 1.29 is 23.1 Å². The number of carbonyl (C=O) groups excluding carboxylic acids is 2. The molecule has 2 aromatic carbocycles. The Balaban J connectivity index is 2.04. The first kappa shape index (κ1) is 16.4. The number of para-hydroxylation sites is 1. The summed E-state index contributed by atoms with van der Waals surface area (Å²) in [4.78, 5) is 22.9. The lowest BCUT2D eigenvalue weighted by Crippen LogP contribution is -2.30. The molecule has 0 unspecified atom stereocenters. The van der Waals surface area contributed by atoms with Crippen LogP contribution in [0.5, 0.6) is 5.75 Å². The Morgan fingerprint density at radius 2 is 1.65 bits per heavy atom. The summed E-state index contributed by atoms with van der Waals surface area (Å²) < 4.78 is 32.3. The fourth-order valence-corrected chi connectivity index (χ4v) is 1.80. The summed E-state index contributed by atoms with van der Waals surface area (Å²) in [5, 5.41) is 2.14. The summed E-state index contributed by atoms with van der Waals surface area (Å²) in [6.45, 7) is 1.43. The first-order chi connectivity index (χ1) is 10.9. The van der Waals surface area contributed by atoms with Gasteiger partial charge >= 0.3 is 0 Å². The van der Waals surface area contributed by atoms with Crippen molar-refractivity contribution in [1.82, 2.24) is 0 Å². The second-order valence-electron chi connectivity index (χ2n) is 4.73. The number of benzene rings is 2. The number of primary amides is 1. The molecule has 2 amide bonds. The van der Waals surface area contributed by atoms with E-state index in [2.05, 4.69) is 5.32 Å². The van der Waals surface area contributed by atoms with Crippen LogP contribution in [0.4, 0.5) is 14.5 Å². The molecule has 0 saturated heterocycles. The van der Waals surface area contributed by atoms with E-state index in [-0.39, 0.29) is 0 Å². The van der Waals surface area contributed by atoms with Crippen LogP contribution in [-0.4, -0.2) is 17.9 Å². The molecule has 0 aliphatic carbocycles. The Morgan fingerprint density at radius 1 is 1.09 bits per heavy atom. The van der Waals surface area contributed by atoms with Gasteiger partial charge in [0.1, 0.15) is 23.1 Å². The first-order valence-electron chi connectivity index (χ1n) is 6.70. The fraction of sp³-hybridized carbons (Fsp3) is 0.125. The molecule has 3 N–H and O–H groups in total. The largest absolute Gasteiger partial charge is 0.481 e. The van der Waals surface area contributed by atoms with Crippen LogP contribution in [-0.2, 0) is 4.79 Å². The van der Waals surface area contributed by atoms with Gasteiger partial charge in [-0.05, 0) is 43.3 Å². The van der Waals surface area contributed by atoms with Gasteiger partial charge in [-0.25, -0.2) is 8.78 Å². The van der Waals surface area contributed by atoms with Gasteiger partial charge in [-0.15, -0.1) is 0 Å². The molecule has 0 heterocycles. The van der Waals surface area contributed by atoms with Crippen LogP contribution in [0.2, 0.25) is 0 Å². The highest BCUT2D eigenvalue weighted by Crippen LogP contribution is 2.19. The third-order valence-electron chi connectivity index (χ3n) is 3.03. The third-order valence-corrected chi connectivity index (χ3v) is 3.03. The molecular formula is C16H14F2N2O3. The first-order valence-corrected chi connectivity index (χ1v) is 6.70. The molecule has 0 aromatic heterocycles. The summed E-state index contributed by atoms with van der Waals surface area (Å²) in [6.07, 6.45) is -1.01. The van der Waals surface area contributed by atoms with E-state index < -0.39 is 35.2 Å².